The second-order valence-corrected chi connectivity index (χ2v) is 7.10. The Morgan fingerprint density at radius 2 is 1.28 bits per heavy atom. The molecule has 3 fully saturated rings. The Morgan fingerprint density at radius 3 is 1.61 bits per heavy atom. The van der Waals surface area contributed by atoms with Gasteiger partial charge in [0.1, 0.15) is 0 Å². The summed E-state index contributed by atoms with van der Waals surface area (Å²) in [7, 11) is 3.10. The van der Waals surface area contributed by atoms with Gasteiger partial charge in [0.15, 0.2) is 10.7 Å². The van der Waals surface area contributed by atoms with Gasteiger partial charge < -0.3 is 9.80 Å². The van der Waals surface area contributed by atoms with Crippen LogP contribution in [0.4, 0.5) is 0 Å². The van der Waals surface area contributed by atoms with Crippen LogP contribution in [0.15, 0.2) is 0 Å². The molecular formula is C12H20N2O2S2. The molecule has 18 heavy (non-hydrogen) atoms. The molecule has 2 unspecified atom stereocenters. The average molecular weight is 288 g/mol. The fourth-order valence-corrected chi connectivity index (χ4v) is 5.21. The highest BCUT2D eigenvalue weighted by atomic mass is 33.1. The lowest BCUT2D eigenvalue weighted by molar-refractivity contribution is -0.153. The van der Waals surface area contributed by atoms with Gasteiger partial charge in [-0.05, 0) is 12.8 Å². The minimum absolute atomic E-state index is 0.132. The molecule has 0 spiro atoms. The second-order valence-electron chi connectivity index (χ2n) is 4.67. The first-order valence-electron chi connectivity index (χ1n) is 6.63. The third-order valence-corrected chi connectivity index (χ3v) is 6.11. The molecule has 0 aromatic heterocycles. The van der Waals surface area contributed by atoms with E-state index in [-0.39, 0.29) is 22.6 Å². The van der Waals surface area contributed by atoms with E-state index in [9.17, 15) is 9.59 Å². The summed E-state index contributed by atoms with van der Waals surface area (Å²) >= 11 is 0. The molecule has 3 aliphatic rings. The van der Waals surface area contributed by atoms with E-state index < -0.39 is 0 Å². The van der Waals surface area contributed by atoms with Crippen molar-refractivity contribution >= 4 is 33.4 Å². The van der Waals surface area contributed by atoms with E-state index >= 15 is 0 Å². The van der Waals surface area contributed by atoms with Gasteiger partial charge in [0.05, 0.1) is 0 Å². The lowest BCUT2D eigenvalue weighted by atomic mass is 10.2. The Bertz CT molecular complexity index is 306. The normalized spacial score (nSPS) is 27.2. The summed E-state index contributed by atoms with van der Waals surface area (Å²) in [5, 5.41) is -0.563. The Morgan fingerprint density at radius 1 is 0.889 bits per heavy atom. The molecule has 3 rings (SSSR count). The molecule has 0 N–H and O–H groups in total. The van der Waals surface area contributed by atoms with Gasteiger partial charge in [0, 0.05) is 13.1 Å². The quantitative estimate of drug-likeness (QED) is 0.703. The summed E-state index contributed by atoms with van der Waals surface area (Å²) < 4.78 is 0. The molecule has 4 nitrogen and oxygen atoms in total. The number of amides is 2. The van der Waals surface area contributed by atoms with Gasteiger partial charge in [0.25, 0.3) is 11.8 Å². The molecule has 3 aliphatic heterocycles. The van der Waals surface area contributed by atoms with Gasteiger partial charge in [-0.2, -0.15) is 0 Å². The summed E-state index contributed by atoms with van der Waals surface area (Å²) in [6.45, 7) is 5.64. The Hall–Kier alpha value is -0.360. The van der Waals surface area contributed by atoms with E-state index in [2.05, 4.69) is 13.8 Å². The van der Waals surface area contributed by atoms with Crippen LogP contribution in [0, 0.1) is 0 Å². The van der Waals surface area contributed by atoms with Crippen molar-refractivity contribution in [2.45, 2.75) is 50.3 Å². The van der Waals surface area contributed by atoms with E-state index in [1.54, 1.807) is 31.4 Å². The summed E-state index contributed by atoms with van der Waals surface area (Å²) in [4.78, 5) is 28.2. The van der Waals surface area contributed by atoms with Crippen molar-refractivity contribution in [3.63, 3.8) is 0 Å². The average Bonchev–Trinajstić information content (AvgIpc) is 2.38. The molecule has 0 aromatic carbocycles. The number of rotatable bonds is 6. The maximum Gasteiger partial charge on any atom is 0.258 e. The predicted octanol–water partition coefficient (Wildman–Crippen LogP) is 2.30. The van der Waals surface area contributed by atoms with Crippen molar-refractivity contribution < 1.29 is 9.59 Å². The molecule has 6 heteroatoms. The number of carbonyl (C=O) groups is 2. The molecule has 0 aliphatic carbocycles. The van der Waals surface area contributed by atoms with Crippen LogP contribution in [0.25, 0.3) is 0 Å². The zero-order chi connectivity index (χ0) is 13.1. The fourth-order valence-electron chi connectivity index (χ4n) is 2.18. The number of fused-ring (bicyclic) bond motifs is 3. The Balaban J connectivity index is 2.07. The van der Waals surface area contributed by atoms with Gasteiger partial charge in [-0.15, -0.1) is 0 Å². The maximum atomic E-state index is 12.3. The SMILES string of the molecule is CCCCN1C(=O)C2SSC1C(=O)N2CCCC. The molecule has 2 atom stereocenters. The number of carbonyl (C=O) groups excluding carboxylic acids is 2. The molecule has 2 amide bonds. The topological polar surface area (TPSA) is 40.6 Å². The van der Waals surface area contributed by atoms with Gasteiger partial charge in [-0.25, -0.2) is 0 Å². The third kappa shape index (κ3) is 2.50. The lowest BCUT2D eigenvalue weighted by Gasteiger charge is -2.48. The largest absolute Gasteiger partial charge is 0.319 e. The first kappa shape index (κ1) is 14.1. The van der Waals surface area contributed by atoms with Gasteiger partial charge in [-0.3, -0.25) is 9.59 Å². The van der Waals surface area contributed by atoms with Crippen molar-refractivity contribution in [3.8, 4) is 0 Å². The number of hydrogen-bond donors (Lipinski definition) is 0. The lowest BCUT2D eigenvalue weighted by Crippen LogP contribution is -2.65. The standard InChI is InChI=1S/C12H20N2O2S2/c1-3-5-7-13-9(15)12-14(8-6-4-2)10(16)11(13)17-18-12/h11-12H,3-8H2,1-2H3. The van der Waals surface area contributed by atoms with Crippen molar-refractivity contribution in [1.82, 2.24) is 9.80 Å². The van der Waals surface area contributed by atoms with E-state index in [1.165, 1.54) is 0 Å². The molecule has 102 valence electrons. The molecule has 3 heterocycles. The van der Waals surface area contributed by atoms with Gasteiger partial charge in [0.2, 0.25) is 0 Å². The summed E-state index contributed by atoms with van der Waals surface area (Å²) in [6, 6.07) is 0. The zero-order valence-corrected chi connectivity index (χ0v) is 12.6. The van der Waals surface area contributed by atoms with Crippen molar-refractivity contribution in [3.05, 3.63) is 0 Å². The summed E-state index contributed by atoms with van der Waals surface area (Å²) in [6.07, 6.45) is 4.05. The number of unbranched alkanes of at least 4 members (excludes halogenated alkanes) is 2. The van der Waals surface area contributed by atoms with Crippen molar-refractivity contribution in [2.24, 2.45) is 0 Å². The molecule has 3 saturated heterocycles. The molecule has 0 saturated carbocycles. The van der Waals surface area contributed by atoms with Crippen molar-refractivity contribution in [2.75, 3.05) is 13.1 Å². The van der Waals surface area contributed by atoms with E-state index in [4.69, 9.17) is 0 Å². The Kier molecular flexibility index (Phi) is 4.84. The highest BCUT2D eigenvalue weighted by molar-refractivity contribution is 8.77. The molecule has 0 aromatic rings. The monoisotopic (exact) mass is 288 g/mol. The van der Waals surface area contributed by atoms with E-state index in [0.29, 0.717) is 0 Å². The van der Waals surface area contributed by atoms with Crippen LogP contribution >= 0.6 is 21.6 Å². The summed E-state index contributed by atoms with van der Waals surface area (Å²) in [5.41, 5.74) is 0. The van der Waals surface area contributed by atoms with Crippen LogP contribution in [0.5, 0.6) is 0 Å². The zero-order valence-electron chi connectivity index (χ0n) is 10.9. The van der Waals surface area contributed by atoms with Gasteiger partial charge >= 0.3 is 0 Å². The number of piperazine rings is 1. The van der Waals surface area contributed by atoms with Crippen LogP contribution in [0.1, 0.15) is 39.5 Å². The molecular weight excluding hydrogens is 268 g/mol. The smallest absolute Gasteiger partial charge is 0.258 e. The third-order valence-electron chi connectivity index (χ3n) is 3.30. The first-order chi connectivity index (χ1) is 8.70. The van der Waals surface area contributed by atoms with Crippen LogP contribution < -0.4 is 0 Å². The highest BCUT2D eigenvalue weighted by Gasteiger charge is 2.51. The Labute approximate surface area is 116 Å². The van der Waals surface area contributed by atoms with Crippen LogP contribution in [-0.4, -0.2) is 45.5 Å². The minimum atomic E-state index is -0.282. The van der Waals surface area contributed by atoms with Gasteiger partial charge in [-0.1, -0.05) is 48.3 Å². The summed E-state index contributed by atoms with van der Waals surface area (Å²) in [5.74, 6) is 0.265. The van der Waals surface area contributed by atoms with Crippen LogP contribution in [-0.2, 0) is 9.59 Å². The van der Waals surface area contributed by atoms with Crippen LogP contribution in [0.2, 0.25) is 0 Å². The van der Waals surface area contributed by atoms with E-state index in [0.717, 1.165) is 38.8 Å². The minimum Gasteiger partial charge on any atom is -0.319 e. The molecule has 0 radical (unpaired) electrons. The first-order valence-corrected chi connectivity index (χ1v) is 8.91. The fraction of sp³-hybridized carbons (Fsp3) is 0.833. The number of hydrogen-bond acceptors (Lipinski definition) is 4. The van der Waals surface area contributed by atoms with E-state index in [1.807, 2.05) is 0 Å². The second kappa shape index (κ2) is 6.19. The molecule has 2 bridgehead atoms. The van der Waals surface area contributed by atoms with Crippen LogP contribution in [0.3, 0.4) is 0 Å². The highest BCUT2D eigenvalue weighted by Crippen LogP contribution is 2.46. The number of nitrogens with zero attached hydrogens (tertiary/aromatic N) is 2. The predicted molar refractivity (Wildman–Crippen MR) is 76.0 cm³/mol. The van der Waals surface area contributed by atoms with Crippen molar-refractivity contribution in [1.29, 1.82) is 0 Å². The maximum absolute atomic E-state index is 12.3.